The number of carbonyl (C=O) groups excluding carboxylic acids is 1. The topological polar surface area (TPSA) is 66.9 Å². The Morgan fingerprint density at radius 2 is 1.67 bits per heavy atom. The number of aryl methyl sites for hydroxylation is 1. The number of anilines is 3. The molecule has 3 aromatic rings. The quantitative estimate of drug-likeness (QED) is 0.694. The Morgan fingerprint density at radius 3 is 2.33 bits per heavy atom. The van der Waals surface area contributed by atoms with E-state index in [2.05, 4.69) is 36.8 Å². The molecule has 2 N–H and O–H groups in total. The number of amides is 1. The minimum absolute atomic E-state index is 0.207. The van der Waals surface area contributed by atoms with E-state index in [1.54, 1.807) is 18.2 Å². The molecule has 5 nitrogen and oxygen atoms in total. The summed E-state index contributed by atoms with van der Waals surface area (Å²) in [5.74, 6) is 0.801. The molecule has 1 heterocycles. The third kappa shape index (κ3) is 4.17. The van der Waals surface area contributed by atoms with Crippen molar-refractivity contribution < 1.29 is 4.79 Å². The summed E-state index contributed by atoms with van der Waals surface area (Å²) in [5, 5.41) is 14.0. The lowest BCUT2D eigenvalue weighted by molar-refractivity contribution is 0.102. The predicted octanol–water partition coefficient (Wildman–Crippen LogP) is 4.54. The van der Waals surface area contributed by atoms with E-state index in [4.69, 9.17) is 0 Å². The van der Waals surface area contributed by atoms with Crippen molar-refractivity contribution in [2.45, 2.75) is 6.92 Å². The maximum absolute atomic E-state index is 12.2. The van der Waals surface area contributed by atoms with E-state index >= 15 is 0 Å². The molecule has 0 aliphatic carbocycles. The lowest BCUT2D eigenvalue weighted by Crippen LogP contribution is -2.13. The molecule has 0 saturated carbocycles. The van der Waals surface area contributed by atoms with Crippen LogP contribution in [0.25, 0.3) is 0 Å². The van der Waals surface area contributed by atoms with Gasteiger partial charge in [-0.25, -0.2) is 0 Å². The molecule has 3 rings (SSSR count). The second-order valence-electron chi connectivity index (χ2n) is 5.26. The van der Waals surface area contributed by atoms with Crippen LogP contribution in [0.15, 0.2) is 65.1 Å². The fraction of sp³-hybridized carbons (Fsp3) is 0.0556. The molecule has 0 fully saturated rings. The van der Waals surface area contributed by atoms with Crippen LogP contribution >= 0.6 is 15.9 Å². The third-order valence-corrected chi connectivity index (χ3v) is 3.83. The Morgan fingerprint density at radius 1 is 0.958 bits per heavy atom. The number of halogens is 1. The van der Waals surface area contributed by atoms with Gasteiger partial charge in [0.2, 0.25) is 0 Å². The Kier molecular flexibility index (Phi) is 4.86. The standard InChI is InChI=1S/C18H15BrN4O/c1-12-3-2-4-13(11-12)18(24)21-17-10-9-16(22-23-17)20-15-7-5-14(19)6-8-15/h2-11H,1H3,(H,20,22)(H,21,23,24). The summed E-state index contributed by atoms with van der Waals surface area (Å²) < 4.78 is 1.01. The highest BCUT2D eigenvalue weighted by Gasteiger charge is 2.07. The van der Waals surface area contributed by atoms with Crippen LogP contribution in [-0.2, 0) is 0 Å². The lowest BCUT2D eigenvalue weighted by atomic mass is 10.1. The van der Waals surface area contributed by atoms with Crippen LogP contribution in [0.1, 0.15) is 15.9 Å². The van der Waals surface area contributed by atoms with Crippen LogP contribution in [0.5, 0.6) is 0 Å². The van der Waals surface area contributed by atoms with Crippen molar-refractivity contribution in [3.05, 3.63) is 76.3 Å². The van der Waals surface area contributed by atoms with Gasteiger partial charge in [-0.2, -0.15) is 0 Å². The van der Waals surface area contributed by atoms with Gasteiger partial charge in [-0.1, -0.05) is 33.6 Å². The van der Waals surface area contributed by atoms with Gasteiger partial charge in [0.15, 0.2) is 11.6 Å². The molecule has 0 aliphatic heterocycles. The first kappa shape index (κ1) is 16.1. The van der Waals surface area contributed by atoms with Gasteiger partial charge in [-0.05, 0) is 55.5 Å². The summed E-state index contributed by atoms with van der Waals surface area (Å²) in [6, 6.07) is 18.6. The molecule has 0 unspecified atom stereocenters. The summed E-state index contributed by atoms with van der Waals surface area (Å²) >= 11 is 3.39. The first-order valence-electron chi connectivity index (χ1n) is 7.34. The highest BCUT2D eigenvalue weighted by molar-refractivity contribution is 9.10. The summed E-state index contributed by atoms with van der Waals surface area (Å²) in [7, 11) is 0. The molecule has 0 aliphatic rings. The maximum Gasteiger partial charge on any atom is 0.256 e. The largest absolute Gasteiger partial charge is 0.339 e. The fourth-order valence-electron chi connectivity index (χ4n) is 2.12. The maximum atomic E-state index is 12.2. The van der Waals surface area contributed by atoms with Crippen LogP contribution in [-0.4, -0.2) is 16.1 Å². The number of hydrogen-bond acceptors (Lipinski definition) is 4. The van der Waals surface area contributed by atoms with E-state index in [9.17, 15) is 4.79 Å². The molecule has 1 amide bonds. The molecule has 120 valence electrons. The molecular formula is C18H15BrN4O. The Labute approximate surface area is 148 Å². The number of hydrogen-bond donors (Lipinski definition) is 2. The van der Waals surface area contributed by atoms with Crippen LogP contribution in [0.3, 0.4) is 0 Å². The average Bonchev–Trinajstić information content (AvgIpc) is 2.59. The smallest absolute Gasteiger partial charge is 0.256 e. The van der Waals surface area contributed by atoms with Gasteiger partial charge in [0, 0.05) is 15.7 Å². The number of aromatic nitrogens is 2. The second-order valence-corrected chi connectivity index (χ2v) is 6.17. The molecule has 0 atom stereocenters. The van der Waals surface area contributed by atoms with Crippen LogP contribution in [0, 0.1) is 6.92 Å². The highest BCUT2D eigenvalue weighted by atomic mass is 79.9. The number of nitrogens with one attached hydrogen (secondary N) is 2. The summed E-state index contributed by atoms with van der Waals surface area (Å²) in [6.45, 7) is 1.94. The van der Waals surface area contributed by atoms with Gasteiger partial charge in [0.05, 0.1) is 0 Å². The summed E-state index contributed by atoms with van der Waals surface area (Å²) in [6.07, 6.45) is 0. The van der Waals surface area contributed by atoms with Crippen molar-refractivity contribution in [3.8, 4) is 0 Å². The zero-order chi connectivity index (χ0) is 16.9. The monoisotopic (exact) mass is 382 g/mol. The molecule has 6 heteroatoms. The van der Waals surface area contributed by atoms with Crippen molar-refractivity contribution in [3.63, 3.8) is 0 Å². The van der Waals surface area contributed by atoms with Gasteiger partial charge in [0.25, 0.3) is 5.91 Å². The van der Waals surface area contributed by atoms with E-state index in [0.29, 0.717) is 17.2 Å². The molecular weight excluding hydrogens is 368 g/mol. The zero-order valence-corrected chi connectivity index (χ0v) is 14.5. The molecule has 24 heavy (non-hydrogen) atoms. The number of nitrogens with zero attached hydrogens (tertiary/aromatic N) is 2. The predicted molar refractivity (Wildman–Crippen MR) is 98.6 cm³/mol. The van der Waals surface area contributed by atoms with Gasteiger partial charge in [-0.3, -0.25) is 4.79 Å². The van der Waals surface area contributed by atoms with E-state index < -0.39 is 0 Å². The SMILES string of the molecule is Cc1cccc(C(=O)Nc2ccc(Nc3ccc(Br)cc3)nn2)c1. The first-order chi connectivity index (χ1) is 11.6. The third-order valence-electron chi connectivity index (χ3n) is 3.30. The number of carbonyl (C=O) groups is 1. The number of rotatable bonds is 4. The Hall–Kier alpha value is -2.73. The Balaban J connectivity index is 1.66. The van der Waals surface area contributed by atoms with Crippen molar-refractivity contribution in [1.29, 1.82) is 0 Å². The van der Waals surface area contributed by atoms with Crippen molar-refractivity contribution in [2.75, 3.05) is 10.6 Å². The second kappa shape index (κ2) is 7.23. The van der Waals surface area contributed by atoms with Gasteiger partial charge in [-0.15, -0.1) is 10.2 Å². The van der Waals surface area contributed by atoms with Gasteiger partial charge >= 0.3 is 0 Å². The molecule has 2 aromatic carbocycles. The lowest BCUT2D eigenvalue weighted by Gasteiger charge is -2.07. The van der Waals surface area contributed by atoms with Gasteiger partial charge < -0.3 is 10.6 Å². The van der Waals surface area contributed by atoms with Crippen molar-refractivity contribution in [2.24, 2.45) is 0 Å². The van der Waals surface area contributed by atoms with E-state index in [-0.39, 0.29) is 5.91 Å². The summed E-state index contributed by atoms with van der Waals surface area (Å²) in [4.78, 5) is 12.2. The van der Waals surface area contributed by atoms with Crippen LogP contribution in [0.2, 0.25) is 0 Å². The zero-order valence-electron chi connectivity index (χ0n) is 13.0. The minimum Gasteiger partial charge on any atom is -0.339 e. The average molecular weight is 383 g/mol. The number of benzene rings is 2. The normalized spacial score (nSPS) is 10.2. The fourth-order valence-corrected chi connectivity index (χ4v) is 2.39. The molecule has 0 saturated heterocycles. The summed E-state index contributed by atoms with van der Waals surface area (Å²) in [5.41, 5.74) is 2.53. The molecule has 0 spiro atoms. The van der Waals surface area contributed by atoms with E-state index in [1.807, 2.05) is 49.4 Å². The van der Waals surface area contributed by atoms with E-state index in [1.165, 1.54) is 0 Å². The Bertz CT molecular complexity index is 848. The molecule has 0 radical (unpaired) electrons. The van der Waals surface area contributed by atoms with Gasteiger partial charge in [0.1, 0.15) is 0 Å². The highest BCUT2D eigenvalue weighted by Crippen LogP contribution is 2.18. The van der Waals surface area contributed by atoms with Crippen molar-refractivity contribution in [1.82, 2.24) is 10.2 Å². The first-order valence-corrected chi connectivity index (χ1v) is 8.14. The van der Waals surface area contributed by atoms with Crippen molar-refractivity contribution >= 4 is 39.2 Å². The van der Waals surface area contributed by atoms with Crippen LogP contribution < -0.4 is 10.6 Å². The van der Waals surface area contributed by atoms with Crippen LogP contribution in [0.4, 0.5) is 17.3 Å². The van der Waals surface area contributed by atoms with E-state index in [0.717, 1.165) is 15.7 Å². The molecule has 1 aromatic heterocycles. The molecule has 0 bridgehead atoms. The minimum atomic E-state index is -0.207.